The Bertz CT molecular complexity index is 1030. The molecule has 0 unspecified atom stereocenters. The number of fused-ring (bicyclic) bond motifs is 5. The average molecular weight is 316 g/mol. The van der Waals surface area contributed by atoms with Crippen LogP contribution in [-0.4, -0.2) is 20.4 Å². The van der Waals surface area contributed by atoms with Gasteiger partial charge < -0.3 is 5.32 Å². The van der Waals surface area contributed by atoms with E-state index in [9.17, 15) is 0 Å². The summed E-state index contributed by atoms with van der Waals surface area (Å²) in [6.07, 6.45) is 6.41. The van der Waals surface area contributed by atoms with Gasteiger partial charge in [0.1, 0.15) is 5.65 Å². The van der Waals surface area contributed by atoms with Gasteiger partial charge in [0, 0.05) is 11.4 Å². The first-order valence-corrected chi connectivity index (χ1v) is 8.83. The van der Waals surface area contributed by atoms with Gasteiger partial charge >= 0.3 is 0 Å². The number of benzene rings is 2. The van der Waals surface area contributed by atoms with E-state index in [4.69, 9.17) is 9.97 Å². The molecule has 0 saturated heterocycles. The molecule has 0 aliphatic heterocycles. The molecule has 5 rings (SSSR count). The second-order valence-corrected chi connectivity index (χ2v) is 6.69. The van der Waals surface area contributed by atoms with Crippen LogP contribution < -0.4 is 5.32 Å². The molecular weight excluding hydrogens is 296 g/mol. The molecule has 1 aliphatic carbocycles. The van der Waals surface area contributed by atoms with Gasteiger partial charge in [0.15, 0.2) is 0 Å². The molecule has 2 aromatic heterocycles. The van der Waals surface area contributed by atoms with Crippen LogP contribution in [0.3, 0.4) is 0 Å². The minimum absolute atomic E-state index is 0.511. The van der Waals surface area contributed by atoms with Crippen LogP contribution in [0.5, 0.6) is 0 Å². The predicted molar refractivity (Wildman–Crippen MR) is 98.5 cm³/mol. The number of para-hydroxylation sites is 3. The minimum Gasteiger partial charge on any atom is -0.353 e. The topological polar surface area (TPSA) is 42.2 Å². The molecule has 1 saturated carbocycles. The SMILES string of the molecule is c1ccc2c(c1)nc(NC1CCCCC1)n1c3ccccc3nc21. The number of aromatic nitrogens is 3. The molecule has 2 aromatic carbocycles. The van der Waals surface area contributed by atoms with Gasteiger partial charge in [-0.15, -0.1) is 0 Å². The Morgan fingerprint density at radius 3 is 2.46 bits per heavy atom. The number of nitrogens with one attached hydrogen (secondary N) is 1. The van der Waals surface area contributed by atoms with Gasteiger partial charge in [0.25, 0.3) is 0 Å². The Hall–Kier alpha value is -2.62. The van der Waals surface area contributed by atoms with Gasteiger partial charge in [-0.25, -0.2) is 9.97 Å². The Balaban J connectivity index is 1.79. The van der Waals surface area contributed by atoms with Crippen molar-refractivity contribution < 1.29 is 0 Å². The van der Waals surface area contributed by atoms with E-state index in [1.165, 1.54) is 32.1 Å². The summed E-state index contributed by atoms with van der Waals surface area (Å²) in [6, 6.07) is 17.1. The second kappa shape index (κ2) is 5.48. The summed E-state index contributed by atoms with van der Waals surface area (Å²) < 4.78 is 2.19. The molecule has 120 valence electrons. The summed E-state index contributed by atoms with van der Waals surface area (Å²) in [5, 5.41) is 4.81. The molecule has 24 heavy (non-hydrogen) atoms. The predicted octanol–water partition coefficient (Wildman–Crippen LogP) is 4.78. The second-order valence-electron chi connectivity index (χ2n) is 6.69. The quantitative estimate of drug-likeness (QED) is 0.578. The van der Waals surface area contributed by atoms with E-state index in [1.807, 2.05) is 12.1 Å². The lowest BCUT2D eigenvalue weighted by molar-refractivity contribution is 0.460. The Kier molecular flexibility index (Phi) is 3.15. The molecular formula is C20H20N4. The molecule has 0 atom stereocenters. The summed E-state index contributed by atoms with van der Waals surface area (Å²) in [7, 11) is 0. The van der Waals surface area contributed by atoms with Crippen LogP contribution in [-0.2, 0) is 0 Å². The van der Waals surface area contributed by atoms with Crippen LogP contribution in [0.15, 0.2) is 48.5 Å². The molecule has 0 bridgehead atoms. The first-order valence-electron chi connectivity index (χ1n) is 8.83. The van der Waals surface area contributed by atoms with Crippen molar-refractivity contribution >= 4 is 33.5 Å². The monoisotopic (exact) mass is 316 g/mol. The highest BCUT2D eigenvalue weighted by Crippen LogP contribution is 2.28. The lowest BCUT2D eigenvalue weighted by Gasteiger charge is -2.24. The van der Waals surface area contributed by atoms with Crippen molar-refractivity contribution in [3.8, 4) is 0 Å². The number of hydrogen-bond donors (Lipinski definition) is 1. The fourth-order valence-electron chi connectivity index (χ4n) is 3.87. The van der Waals surface area contributed by atoms with E-state index in [1.54, 1.807) is 0 Å². The van der Waals surface area contributed by atoms with Crippen molar-refractivity contribution in [2.45, 2.75) is 38.1 Å². The molecule has 0 amide bonds. The highest BCUT2D eigenvalue weighted by atomic mass is 15.2. The Morgan fingerprint density at radius 2 is 1.58 bits per heavy atom. The normalized spacial score (nSPS) is 16.2. The molecule has 1 N–H and O–H groups in total. The summed E-state index contributed by atoms with van der Waals surface area (Å²) in [5.41, 5.74) is 4.12. The van der Waals surface area contributed by atoms with Crippen molar-refractivity contribution in [3.63, 3.8) is 0 Å². The number of hydrogen-bond acceptors (Lipinski definition) is 3. The maximum absolute atomic E-state index is 4.93. The number of imidazole rings is 1. The minimum atomic E-state index is 0.511. The largest absolute Gasteiger partial charge is 0.353 e. The lowest BCUT2D eigenvalue weighted by Crippen LogP contribution is -2.24. The van der Waals surface area contributed by atoms with E-state index < -0.39 is 0 Å². The van der Waals surface area contributed by atoms with Gasteiger partial charge in [0.2, 0.25) is 5.95 Å². The van der Waals surface area contributed by atoms with Crippen molar-refractivity contribution in [3.05, 3.63) is 48.5 Å². The summed E-state index contributed by atoms with van der Waals surface area (Å²) in [4.78, 5) is 9.81. The molecule has 1 aliphatic rings. The zero-order valence-electron chi connectivity index (χ0n) is 13.6. The van der Waals surface area contributed by atoms with E-state index in [2.05, 4.69) is 46.1 Å². The summed E-state index contributed by atoms with van der Waals surface area (Å²) >= 11 is 0. The van der Waals surface area contributed by atoms with Gasteiger partial charge in [-0.05, 0) is 37.1 Å². The first-order chi connectivity index (χ1) is 11.9. The smallest absolute Gasteiger partial charge is 0.210 e. The van der Waals surface area contributed by atoms with Gasteiger partial charge in [-0.3, -0.25) is 4.40 Å². The van der Waals surface area contributed by atoms with Crippen LogP contribution in [0.1, 0.15) is 32.1 Å². The van der Waals surface area contributed by atoms with Gasteiger partial charge in [-0.1, -0.05) is 43.5 Å². The molecule has 1 fully saturated rings. The van der Waals surface area contributed by atoms with Crippen LogP contribution in [0.2, 0.25) is 0 Å². The van der Waals surface area contributed by atoms with Crippen molar-refractivity contribution in [2.75, 3.05) is 5.32 Å². The first kappa shape index (κ1) is 13.8. The molecule has 4 aromatic rings. The number of nitrogens with zero attached hydrogens (tertiary/aromatic N) is 3. The highest BCUT2D eigenvalue weighted by molar-refractivity contribution is 5.97. The van der Waals surface area contributed by atoms with E-state index >= 15 is 0 Å². The third-order valence-corrected chi connectivity index (χ3v) is 5.08. The van der Waals surface area contributed by atoms with Crippen LogP contribution >= 0.6 is 0 Å². The molecule has 4 heteroatoms. The lowest BCUT2D eigenvalue weighted by atomic mass is 9.96. The summed E-state index contributed by atoms with van der Waals surface area (Å²) in [6.45, 7) is 0. The molecule has 4 nitrogen and oxygen atoms in total. The average Bonchev–Trinajstić information content (AvgIpc) is 3.03. The van der Waals surface area contributed by atoms with Crippen molar-refractivity contribution in [1.82, 2.24) is 14.4 Å². The highest BCUT2D eigenvalue weighted by Gasteiger charge is 2.18. The fraction of sp³-hybridized carbons (Fsp3) is 0.300. The zero-order valence-corrected chi connectivity index (χ0v) is 13.6. The van der Waals surface area contributed by atoms with Crippen LogP contribution in [0.25, 0.3) is 27.6 Å². The van der Waals surface area contributed by atoms with Gasteiger partial charge in [0.05, 0.1) is 16.6 Å². The molecule has 2 heterocycles. The van der Waals surface area contributed by atoms with Crippen molar-refractivity contribution in [1.29, 1.82) is 0 Å². The zero-order chi connectivity index (χ0) is 15.9. The standard InChI is InChI=1S/C20H20N4/c1-2-8-14(9-3-1)21-20-23-16-11-5-4-10-15(16)19-22-17-12-6-7-13-18(17)24(19)20/h4-7,10-14H,1-3,8-9H2,(H,21,23). The number of rotatable bonds is 2. The Morgan fingerprint density at radius 1 is 0.833 bits per heavy atom. The number of anilines is 1. The van der Waals surface area contributed by atoms with Crippen LogP contribution in [0.4, 0.5) is 5.95 Å². The molecule has 0 radical (unpaired) electrons. The fourth-order valence-corrected chi connectivity index (χ4v) is 3.87. The maximum Gasteiger partial charge on any atom is 0.210 e. The third-order valence-electron chi connectivity index (χ3n) is 5.08. The van der Waals surface area contributed by atoms with Crippen molar-refractivity contribution in [2.24, 2.45) is 0 Å². The Labute approximate surface area is 140 Å². The van der Waals surface area contributed by atoms with E-state index in [0.29, 0.717) is 6.04 Å². The van der Waals surface area contributed by atoms with Crippen LogP contribution in [0, 0.1) is 0 Å². The third kappa shape index (κ3) is 2.13. The summed E-state index contributed by atoms with van der Waals surface area (Å²) in [5.74, 6) is 0.921. The molecule has 0 spiro atoms. The van der Waals surface area contributed by atoms with E-state index in [-0.39, 0.29) is 0 Å². The maximum atomic E-state index is 4.93. The van der Waals surface area contributed by atoms with Gasteiger partial charge in [-0.2, -0.15) is 0 Å². The van der Waals surface area contributed by atoms with E-state index in [0.717, 1.165) is 33.5 Å².